The third-order valence-corrected chi connectivity index (χ3v) is 5.20. The Morgan fingerprint density at radius 1 is 1.17 bits per heavy atom. The van der Waals surface area contributed by atoms with Crippen molar-refractivity contribution in [1.29, 1.82) is 0 Å². The quantitative estimate of drug-likeness (QED) is 0.549. The average Bonchev–Trinajstić information content (AvgIpc) is 3.22. The molecule has 8 heteroatoms. The van der Waals surface area contributed by atoms with Gasteiger partial charge >= 0.3 is 0 Å². The van der Waals surface area contributed by atoms with Gasteiger partial charge in [-0.1, -0.05) is 36.9 Å². The molecule has 0 atom stereocenters. The Bertz CT molecular complexity index is 1000. The lowest BCUT2D eigenvalue weighted by molar-refractivity contribution is -0.113. The number of aromatic nitrogens is 2. The molecule has 1 N–H and O–H groups in total. The van der Waals surface area contributed by atoms with Crippen molar-refractivity contribution in [3.8, 4) is 23.0 Å². The van der Waals surface area contributed by atoms with E-state index < -0.39 is 0 Å². The number of hydrogen-bond donors (Lipinski definition) is 1. The third kappa shape index (κ3) is 4.89. The van der Waals surface area contributed by atoms with Gasteiger partial charge in [0.15, 0.2) is 0 Å². The summed E-state index contributed by atoms with van der Waals surface area (Å²) < 4.78 is 16.3. The van der Waals surface area contributed by atoms with Gasteiger partial charge in [0.2, 0.25) is 5.91 Å². The second-order valence-corrected chi connectivity index (χ2v) is 7.17. The monoisotopic (exact) mass is 413 g/mol. The molecule has 0 aliphatic carbocycles. The van der Waals surface area contributed by atoms with Crippen LogP contribution in [-0.2, 0) is 11.2 Å². The fourth-order valence-corrected chi connectivity index (χ4v) is 3.42. The normalized spacial score (nSPS) is 10.6. The second kappa shape index (κ2) is 9.47. The zero-order chi connectivity index (χ0) is 20.8. The molecule has 1 heterocycles. The minimum absolute atomic E-state index is 0.124. The molecule has 0 saturated heterocycles. The molecule has 0 unspecified atom stereocenters. The molecule has 3 rings (SSSR count). The number of amides is 1. The molecule has 152 valence electrons. The minimum atomic E-state index is -0.124. The number of aryl methyl sites for hydroxylation is 2. The first kappa shape index (κ1) is 20.7. The van der Waals surface area contributed by atoms with Crippen molar-refractivity contribution in [3.63, 3.8) is 0 Å². The molecular formula is C21H23N3O4S. The maximum absolute atomic E-state index is 12.4. The Kier molecular flexibility index (Phi) is 6.77. The summed E-state index contributed by atoms with van der Waals surface area (Å²) in [5.41, 5.74) is 3.67. The second-order valence-electron chi connectivity index (χ2n) is 6.24. The van der Waals surface area contributed by atoms with Gasteiger partial charge in [0.05, 0.1) is 25.5 Å². The highest BCUT2D eigenvalue weighted by atomic mass is 32.2. The molecule has 0 radical (unpaired) electrons. The largest absolute Gasteiger partial charge is 0.497 e. The van der Waals surface area contributed by atoms with Crippen LogP contribution in [0.4, 0.5) is 5.69 Å². The van der Waals surface area contributed by atoms with Crippen molar-refractivity contribution in [3.05, 3.63) is 47.5 Å². The number of methoxy groups -OCH3 is 2. The highest BCUT2D eigenvalue weighted by molar-refractivity contribution is 7.99. The van der Waals surface area contributed by atoms with Crippen molar-refractivity contribution in [2.45, 2.75) is 25.5 Å². The van der Waals surface area contributed by atoms with Crippen LogP contribution in [0.2, 0.25) is 0 Å². The number of hydrogen-bond acceptors (Lipinski definition) is 7. The molecule has 29 heavy (non-hydrogen) atoms. The summed E-state index contributed by atoms with van der Waals surface area (Å²) in [4.78, 5) is 12.4. The number of para-hydroxylation sites is 1. The summed E-state index contributed by atoms with van der Waals surface area (Å²) >= 11 is 1.19. The van der Waals surface area contributed by atoms with E-state index in [0.717, 1.165) is 23.2 Å². The molecule has 0 spiro atoms. The van der Waals surface area contributed by atoms with Crippen molar-refractivity contribution >= 4 is 23.4 Å². The van der Waals surface area contributed by atoms with E-state index in [1.54, 1.807) is 32.4 Å². The SMILES string of the molecule is CCc1cccc(C)c1NC(=O)CSc1nnc(-c2ccc(OC)cc2OC)o1. The topological polar surface area (TPSA) is 86.5 Å². The van der Waals surface area contributed by atoms with E-state index in [4.69, 9.17) is 13.9 Å². The fraction of sp³-hybridized carbons (Fsp3) is 0.286. The number of thioether (sulfide) groups is 1. The molecule has 0 saturated carbocycles. The zero-order valence-corrected chi connectivity index (χ0v) is 17.6. The lowest BCUT2D eigenvalue weighted by atomic mass is 10.1. The molecule has 0 aliphatic heterocycles. The van der Waals surface area contributed by atoms with Crippen molar-refractivity contribution in [2.24, 2.45) is 0 Å². The number of carbonyl (C=O) groups excluding carboxylic acids is 1. The van der Waals surface area contributed by atoms with E-state index in [-0.39, 0.29) is 11.7 Å². The predicted octanol–water partition coefficient (Wildman–Crippen LogP) is 4.36. The van der Waals surface area contributed by atoms with Gasteiger partial charge in [0.25, 0.3) is 11.1 Å². The van der Waals surface area contributed by atoms with Crippen LogP contribution >= 0.6 is 11.8 Å². The number of benzene rings is 2. The van der Waals surface area contributed by atoms with Gasteiger partial charge in [-0.15, -0.1) is 10.2 Å². The summed E-state index contributed by atoms with van der Waals surface area (Å²) in [7, 11) is 3.14. The van der Waals surface area contributed by atoms with Gasteiger partial charge in [0, 0.05) is 11.8 Å². The smallest absolute Gasteiger partial charge is 0.277 e. The Labute approximate surface area is 173 Å². The summed E-state index contributed by atoms with van der Waals surface area (Å²) in [6, 6.07) is 11.3. The lowest BCUT2D eigenvalue weighted by Gasteiger charge is -2.12. The summed E-state index contributed by atoms with van der Waals surface area (Å²) in [5, 5.41) is 11.4. The summed E-state index contributed by atoms with van der Waals surface area (Å²) in [5.74, 6) is 1.59. The van der Waals surface area contributed by atoms with Gasteiger partial charge in [-0.2, -0.15) is 0 Å². The van der Waals surface area contributed by atoms with E-state index in [1.165, 1.54) is 11.8 Å². The maximum Gasteiger partial charge on any atom is 0.277 e. The number of rotatable bonds is 8. The van der Waals surface area contributed by atoms with E-state index in [1.807, 2.05) is 25.1 Å². The van der Waals surface area contributed by atoms with E-state index in [0.29, 0.717) is 28.2 Å². The number of nitrogens with one attached hydrogen (secondary N) is 1. The van der Waals surface area contributed by atoms with Crippen molar-refractivity contribution < 1.29 is 18.7 Å². The first-order valence-electron chi connectivity index (χ1n) is 9.12. The Morgan fingerprint density at radius 3 is 2.72 bits per heavy atom. The van der Waals surface area contributed by atoms with Crippen LogP contribution in [0.5, 0.6) is 11.5 Å². The van der Waals surface area contributed by atoms with Crippen LogP contribution in [0.25, 0.3) is 11.5 Å². The van der Waals surface area contributed by atoms with Crippen molar-refractivity contribution in [2.75, 3.05) is 25.3 Å². The Balaban J connectivity index is 1.66. The summed E-state index contributed by atoms with van der Waals surface area (Å²) in [6.45, 7) is 4.04. The molecule has 0 bridgehead atoms. The number of nitrogens with zero attached hydrogens (tertiary/aromatic N) is 2. The first-order valence-corrected chi connectivity index (χ1v) is 10.1. The average molecular weight is 413 g/mol. The number of ether oxygens (including phenoxy) is 2. The van der Waals surface area contributed by atoms with E-state index >= 15 is 0 Å². The van der Waals surface area contributed by atoms with E-state index in [2.05, 4.69) is 22.4 Å². The molecule has 0 fully saturated rings. The van der Waals surface area contributed by atoms with Crippen LogP contribution in [0.15, 0.2) is 46.0 Å². The van der Waals surface area contributed by atoms with Crippen LogP contribution in [0.3, 0.4) is 0 Å². The van der Waals surface area contributed by atoms with Gasteiger partial charge in [-0.05, 0) is 36.6 Å². The third-order valence-electron chi connectivity index (χ3n) is 4.38. The predicted molar refractivity (Wildman–Crippen MR) is 113 cm³/mol. The molecule has 2 aromatic carbocycles. The molecule has 1 aromatic heterocycles. The Hall–Kier alpha value is -3.00. The molecule has 7 nitrogen and oxygen atoms in total. The Morgan fingerprint density at radius 2 is 2.00 bits per heavy atom. The van der Waals surface area contributed by atoms with Crippen LogP contribution in [0, 0.1) is 6.92 Å². The van der Waals surface area contributed by atoms with E-state index in [9.17, 15) is 4.79 Å². The first-order chi connectivity index (χ1) is 14.0. The number of carbonyl (C=O) groups is 1. The number of anilines is 1. The minimum Gasteiger partial charge on any atom is -0.497 e. The van der Waals surface area contributed by atoms with Gasteiger partial charge < -0.3 is 19.2 Å². The highest BCUT2D eigenvalue weighted by Gasteiger charge is 2.16. The zero-order valence-electron chi connectivity index (χ0n) is 16.8. The van der Waals surface area contributed by atoms with Crippen molar-refractivity contribution in [1.82, 2.24) is 10.2 Å². The highest BCUT2D eigenvalue weighted by Crippen LogP contribution is 2.33. The summed E-state index contributed by atoms with van der Waals surface area (Å²) in [6.07, 6.45) is 0.848. The van der Waals surface area contributed by atoms with Gasteiger partial charge in [-0.3, -0.25) is 4.79 Å². The standard InChI is InChI=1S/C21H23N3O4S/c1-5-14-8-6-7-13(2)19(14)22-18(25)12-29-21-24-23-20(28-21)16-10-9-15(26-3)11-17(16)27-4/h6-11H,5,12H2,1-4H3,(H,22,25). The van der Waals surface area contributed by atoms with Crippen LogP contribution in [0.1, 0.15) is 18.1 Å². The van der Waals surface area contributed by atoms with Crippen LogP contribution in [-0.4, -0.2) is 36.1 Å². The maximum atomic E-state index is 12.4. The lowest BCUT2D eigenvalue weighted by Crippen LogP contribution is -2.16. The molecule has 1 amide bonds. The van der Waals surface area contributed by atoms with Gasteiger partial charge in [0.1, 0.15) is 11.5 Å². The van der Waals surface area contributed by atoms with Gasteiger partial charge in [-0.25, -0.2) is 0 Å². The molecule has 0 aliphatic rings. The molecular weight excluding hydrogens is 390 g/mol. The fourth-order valence-electron chi connectivity index (χ4n) is 2.86. The molecule has 3 aromatic rings. The van der Waals surface area contributed by atoms with Crippen LogP contribution < -0.4 is 14.8 Å².